The second-order valence-electron chi connectivity index (χ2n) is 9.46. The lowest BCUT2D eigenvalue weighted by molar-refractivity contribution is -0.135. The molecule has 1 N–H and O–H groups in total. The van der Waals surface area contributed by atoms with Gasteiger partial charge in [0.15, 0.2) is 0 Å². The molecule has 0 saturated heterocycles. The van der Waals surface area contributed by atoms with E-state index in [0.717, 1.165) is 18.4 Å². The maximum Gasteiger partial charge on any atom is 0.322 e. The lowest BCUT2D eigenvalue weighted by Crippen LogP contribution is -2.49. The summed E-state index contributed by atoms with van der Waals surface area (Å²) in [6.45, 7) is 5.34. The molecule has 0 spiro atoms. The smallest absolute Gasteiger partial charge is 0.322 e. The highest BCUT2D eigenvalue weighted by molar-refractivity contribution is 7.10. The summed E-state index contributed by atoms with van der Waals surface area (Å²) in [4.78, 5) is 31.4. The molecule has 6 nitrogen and oxygen atoms in total. The molecular weight excluding hydrogens is 513 g/mol. The molecule has 196 valence electrons. The summed E-state index contributed by atoms with van der Waals surface area (Å²) in [5.74, 6) is 0.432. The number of anilines is 1. The van der Waals surface area contributed by atoms with Crippen molar-refractivity contribution >= 4 is 40.6 Å². The van der Waals surface area contributed by atoms with Crippen molar-refractivity contribution in [3.05, 3.63) is 81.3 Å². The summed E-state index contributed by atoms with van der Waals surface area (Å²) >= 11 is 7.74. The van der Waals surface area contributed by atoms with Crippen molar-refractivity contribution in [1.82, 2.24) is 9.80 Å². The van der Waals surface area contributed by atoms with Crippen molar-refractivity contribution in [2.45, 2.75) is 32.7 Å². The first-order chi connectivity index (χ1) is 17.8. The van der Waals surface area contributed by atoms with E-state index in [0.29, 0.717) is 35.5 Å². The predicted octanol–water partition coefficient (Wildman–Crippen LogP) is 6.63. The largest absolute Gasteiger partial charge is 0.491 e. The van der Waals surface area contributed by atoms with Gasteiger partial charge < -0.3 is 19.9 Å². The third kappa shape index (κ3) is 7.23. The molecule has 3 amide bonds. The number of benzene rings is 2. The summed E-state index contributed by atoms with van der Waals surface area (Å²) in [6, 6.07) is 14.2. The Kier molecular flexibility index (Phi) is 9.05. The molecule has 0 fully saturated rings. The van der Waals surface area contributed by atoms with Crippen LogP contribution < -0.4 is 10.1 Å². The van der Waals surface area contributed by atoms with Crippen LogP contribution >= 0.6 is 22.9 Å². The highest BCUT2D eigenvalue weighted by Gasteiger charge is 2.33. The molecule has 4 rings (SSSR count). The minimum absolute atomic E-state index is 0.0500. The first-order valence-corrected chi connectivity index (χ1v) is 13.6. The lowest BCUT2D eigenvalue weighted by atomic mass is 10.0. The molecule has 3 aromatic rings. The Hall–Kier alpha value is -3.10. The van der Waals surface area contributed by atoms with E-state index in [4.69, 9.17) is 16.3 Å². The Morgan fingerprint density at radius 3 is 2.73 bits per heavy atom. The van der Waals surface area contributed by atoms with Crippen LogP contribution in [0.3, 0.4) is 0 Å². The highest BCUT2D eigenvalue weighted by Crippen LogP contribution is 2.34. The second kappa shape index (κ2) is 12.4. The van der Waals surface area contributed by atoms with Crippen LogP contribution in [0.15, 0.2) is 60.0 Å². The fourth-order valence-electron chi connectivity index (χ4n) is 4.27. The summed E-state index contributed by atoms with van der Waals surface area (Å²) in [7, 11) is 0. The van der Waals surface area contributed by atoms with Crippen LogP contribution in [-0.2, 0) is 11.2 Å². The summed E-state index contributed by atoms with van der Waals surface area (Å²) in [5, 5.41) is 5.41. The van der Waals surface area contributed by atoms with Gasteiger partial charge in [-0.15, -0.1) is 11.3 Å². The number of nitrogens with zero attached hydrogens (tertiary/aromatic N) is 2. The number of carbonyl (C=O) groups is 2. The molecule has 0 radical (unpaired) electrons. The third-order valence-electron chi connectivity index (χ3n) is 6.30. The standard InChI is InChI=1S/C28H31ClFN3O3S/c1-19(2)10-13-32(28(35)31-22-5-3-4-20(29)16-22)17-27(34)33-14-11-26-24(12-15-37-26)25(33)18-36-23-8-6-21(30)7-9-23/h3-9,12,15-16,19,25H,10-11,13-14,17-18H2,1-2H3,(H,31,35)/t25-/m0/s1. The minimum Gasteiger partial charge on any atom is -0.491 e. The number of thiophene rings is 1. The fourth-order valence-corrected chi connectivity index (χ4v) is 5.39. The molecule has 9 heteroatoms. The third-order valence-corrected chi connectivity index (χ3v) is 7.53. The van der Waals surface area contributed by atoms with Crippen LogP contribution in [0.2, 0.25) is 5.02 Å². The molecule has 37 heavy (non-hydrogen) atoms. The van der Waals surface area contributed by atoms with E-state index in [-0.39, 0.29) is 36.9 Å². The molecule has 2 heterocycles. The van der Waals surface area contributed by atoms with Gasteiger partial charge in [0.05, 0.1) is 6.04 Å². The SMILES string of the molecule is CC(C)CCN(CC(=O)N1CCc2sccc2[C@@H]1COc1ccc(F)cc1)C(=O)Nc1cccc(Cl)c1. The number of hydrogen-bond donors (Lipinski definition) is 1. The summed E-state index contributed by atoms with van der Waals surface area (Å²) in [5.41, 5.74) is 1.63. The van der Waals surface area contributed by atoms with Crippen molar-refractivity contribution in [3.63, 3.8) is 0 Å². The van der Waals surface area contributed by atoms with Gasteiger partial charge in [-0.25, -0.2) is 9.18 Å². The van der Waals surface area contributed by atoms with Crippen molar-refractivity contribution in [1.29, 1.82) is 0 Å². The molecule has 0 aliphatic carbocycles. The number of carbonyl (C=O) groups excluding carboxylic acids is 2. The second-order valence-corrected chi connectivity index (χ2v) is 10.9. The van der Waals surface area contributed by atoms with Crippen molar-refractivity contribution in [2.24, 2.45) is 5.92 Å². The predicted molar refractivity (Wildman–Crippen MR) is 146 cm³/mol. The number of fused-ring (bicyclic) bond motifs is 1. The summed E-state index contributed by atoms with van der Waals surface area (Å²) in [6.07, 6.45) is 1.52. The zero-order valence-electron chi connectivity index (χ0n) is 21.0. The van der Waals surface area contributed by atoms with Gasteiger partial charge in [0.2, 0.25) is 5.91 Å². The van der Waals surface area contributed by atoms with Gasteiger partial charge in [0.25, 0.3) is 0 Å². The number of urea groups is 1. The van der Waals surface area contributed by atoms with E-state index >= 15 is 0 Å². The average Bonchev–Trinajstić information content (AvgIpc) is 3.35. The van der Waals surface area contributed by atoms with E-state index < -0.39 is 0 Å². The highest BCUT2D eigenvalue weighted by atomic mass is 35.5. The van der Waals surface area contributed by atoms with Crippen molar-refractivity contribution in [3.8, 4) is 5.75 Å². The zero-order valence-corrected chi connectivity index (χ0v) is 22.5. The van der Waals surface area contributed by atoms with E-state index in [9.17, 15) is 14.0 Å². The maximum absolute atomic E-state index is 13.6. The quantitative estimate of drug-likeness (QED) is 0.329. The van der Waals surface area contributed by atoms with Crippen LogP contribution in [0.25, 0.3) is 0 Å². The van der Waals surface area contributed by atoms with Gasteiger partial charge in [-0.2, -0.15) is 0 Å². The minimum atomic E-state index is -0.344. The van der Waals surface area contributed by atoms with Crippen molar-refractivity contribution in [2.75, 3.05) is 31.6 Å². The molecule has 0 bridgehead atoms. The number of rotatable bonds is 9. The Morgan fingerprint density at radius 1 is 1.22 bits per heavy atom. The molecule has 0 unspecified atom stereocenters. The molecule has 0 saturated carbocycles. The fraction of sp³-hybridized carbons (Fsp3) is 0.357. The lowest BCUT2D eigenvalue weighted by Gasteiger charge is -2.37. The molecule has 1 aromatic heterocycles. The van der Waals surface area contributed by atoms with Crippen LogP contribution in [0.5, 0.6) is 5.75 Å². The number of halogens is 2. The molecule has 2 aromatic carbocycles. The zero-order chi connectivity index (χ0) is 26.4. The van der Waals surface area contributed by atoms with Crippen LogP contribution in [-0.4, -0.2) is 48.0 Å². The van der Waals surface area contributed by atoms with E-state index in [1.165, 1.54) is 17.0 Å². The van der Waals surface area contributed by atoms with Gasteiger partial charge in [-0.3, -0.25) is 4.79 Å². The van der Waals surface area contributed by atoms with Crippen LogP contribution in [0, 0.1) is 11.7 Å². The van der Waals surface area contributed by atoms with Gasteiger partial charge in [-0.05, 0) is 78.2 Å². The number of nitrogens with one attached hydrogen (secondary N) is 1. The molecular formula is C28H31ClFN3O3S. The average molecular weight is 544 g/mol. The first-order valence-electron chi connectivity index (χ1n) is 12.4. The van der Waals surface area contributed by atoms with Gasteiger partial charge >= 0.3 is 6.03 Å². The van der Waals surface area contributed by atoms with E-state index in [1.54, 1.807) is 57.5 Å². The number of hydrogen-bond acceptors (Lipinski definition) is 4. The van der Waals surface area contributed by atoms with Gasteiger partial charge in [0, 0.05) is 28.7 Å². The van der Waals surface area contributed by atoms with Gasteiger partial charge in [0.1, 0.15) is 24.7 Å². The number of amides is 3. The maximum atomic E-state index is 13.6. The molecule has 1 atom stereocenters. The Labute approximate surface area is 226 Å². The summed E-state index contributed by atoms with van der Waals surface area (Å²) < 4.78 is 19.3. The Morgan fingerprint density at radius 2 is 2.00 bits per heavy atom. The molecule has 1 aliphatic rings. The topological polar surface area (TPSA) is 61.9 Å². The van der Waals surface area contributed by atoms with Gasteiger partial charge in [-0.1, -0.05) is 31.5 Å². The Balaban J connectivity index is 1.49. The molecule has 1 aliphatic heterocycles. The monoisotopic (exact) mass is 543 g/mol. The van der Waals surface area contributed by atoms with Crippen LogP contribution in [0.4, 0.5) is 14.9 Å². The van der Waals surface area contributed by atoms with E-state index in [2.05, 4.69) is 19.2 Å². The normalized spacial score (nSPS) is 14.8. The van der Waals surface area contributed by atoms with E-state index in [1.807, 2.05) is 11.4 Å². The van der Waals surface area contributed by atoms with Crippen molar-refractivity contribution < 1.29 is 18.7 Å². The Bertz CT molecular complexity index is 1220. The number of ether oxygens (including phenoxy) is 1. The van der Waals surface area contributed by atoms with Crippen LogP contribution in [0.1, 0.15) is 36.8 Å². The first kappa shape index (κ1) is 26.9.